The topological polar surface area (TPSA) is 16.1 Å². The van der Waals surface area contributed by atoms with Crippen LogP contribution in [0.15, 0.2) is 36.0 Å². The summed E-state index contributed by atoms with van der Waals surface area (Å²) < 4.78 is 0. The summed E-state index contributed by atoms with van der Waals surface area (Å²) in [7, 11) is 2.08. The Hall–Kier alpha value is -1.06. The van der Waals surface area contributed by atoms with Gasteiger partial charge >= 0.3 is 0 Å². The van der Waals surface area contributed by atoms with Gasteiger partial charge in [0, 0.05) is 24.0 Å². The molecule has 17 heavy (non-hydrogen) atoms. The van der Waals surface area contributed by atoms with Gasteiger partial charge in [-0.2, -0.15) is 0 Å². The lowest BCUT2D eigenvalue weighted by Gasteiger charge is -2.27. The molecule has 2 heterocycles. The zero-order chi connectivity index (χ0) is 12.3. The van der Waals surface area contributed by atoms with Crippen LogP contribution in [0.1, 0.15) is 23.4 Å². The number of hydrogen-bond acceptors (Lipinski definition) is 3. The van der Waals surface area contributed by atoms with E-state index in [-0.39, 0.29) is 0 Å². The Labute approximate surface area is 111 Å². The van der Waals surface area contributed by atoms with E-state index in [0.717, 1.165) is 11.3 Å². The van der Waals surface area contributed by atoms with E-state index in [9.17, 15) is 0 Å². The third-order valence-corrected chi connectivity index (χ3v) is 4.28. The van der Waals surface area contributed by atoms with Gasteiger partial charge in [-0.1, -0.05) is 6.07 Å². The fourth-order valence-electron chi connectivity index (χ4n) is 1.77. The molecule has 0 aliphatic heterocycles. The molecular formula is C13H15ClN2S. The average Bonchev–Trinajstić information content (AvgIpc) is 2.90. The first-order chi connectivity index (χ1) is 8.24. The van der Waals surface area contributed by atoms with Gasteiger partial charge in [0.05, 0.1) is 17.9 Å². The minimum atomic E-state index is 0.334. The van der Waals surface area contributed by atoms with Crippen LogP contribution in [0.4, 0.5) is 5.69 Å². The van der Waals surface area contributed by atoms with Gasteiger partial charge < -0.3 is 4.90 Å². The van der Waals surface area contributed by atoms with Crippen LogP contribution in [-0.4, -0.2) is 12.0 Å². The van der Waals surface area contributed by atoms with Crippen molar-refractivity contribution in [2.24, 2.45) is 0 Å². The molecule has 0 fully saturated rings. The Balaban J connectivity index is 2.27. The van der Waals surface area contributed by atoms with Crippen LogP contribution in [0.5, 0.6) is 0 Å². The van der Waals surface area contributed by atoms with Crippen LogP contribution < -0.4 is 4.90 Å². The summed E-state index contributed by atoms with van der Waals surface area (Å²) >= 11 is 7.73. The lowest BCUT2D eigenvalue weighted by Crippen LogP contribution is -2.22. The van der Waals surface area contributed by atoms with E-state index < -0.39 is 0 Å². The van der Waals surface area contributed by atoms with Crippen molar-refractivity contribution >= 4 is 28.6 Å². The molecule has 4 heteroatoms. The van der Waals surface area contributed by atoms with Crippen molar-refractivity contribution in [1.29, 1.82) is 0 Å². The van der Waals surface area contributed by atoms with Crippen LogP contribution in [0.2, 0.25) is 0 Å². The van der Waals surface area contributed by atoms with Gasteiger partial charge in [0.15, 0.2) is 0 Å². The van der Waals surface area contributed by atoms with E-state index in [2.05, 4.69) is 41.4 Å². The average molecular weight is 267 g/mol. The van der Waals surface area contributed by atoms with E-state index in [1.165, 1.54) is 4.88 Å². The summed E-state index contributed by atoms with van der Waals surface area (Å²) in [5.41, 5.74) is 2.22. The molecule has 90 valence electrons. The van der Waals surface area contributed by atoms with E-state index in [4.69, 9.17) is 11.6 Å². The molecule has 0 spiro atoms. The van der Waals surface area contributed by atoms with E-state index in [1.807, 2.05) is 12.3 Å². The van der Waals surface area contributed by atoms with Crippen molar-refractivity contribution in [3.8, 4) is 0 Å². The Morgan fingerprint density at radius 3 is 2.94 bits per heavy atom. The first-order valence-electron chi connectivity index (χ1n) is 5.49. The minimum absolute atomic E-state index is 0.334. The number of rotatable bonds is 4. The molecule has 2 rings (SSSR count). The molecule has 0 radical (unpaired) electrons. The number of pyridine rings is 1. The molecule has 0 aliphatic rings. The van der Waals surface area contributed by atoms with Crippen molar-refractivity contribution in [3.05, 3.63) is 46.4 Å². The molecule has 0 bridgehead atoms. The van der Waals surface area contributed by atoms with E-state index in [1.54, 1.807) is 17.5 Å². The highest BCUT2D eigenvalue weighted by Gasteiger charge is 2.15. The van der Waals surface area contributed by atoms with Crippen LogP contribution in [0, 0.1) is 0 Å². The molecule has 2 aromatic rings. The first kappa shape index (κ1) is 12.4. The van der Waals surface area contributed by atoms with Crippen molar-refractivity contribution in [1.82, 2.24) is 4.98 Å². The van der Waals surface area contributed by atoms with Gasteiger partial charge in [0.2, 0.25) is 0 Å². The predicted octanol–water partition coefficient (Wildman–Crippen LogP) is 4.08. The standard InChI is InChI=1S/C13H15ClN2S/c1-10(13-4-3-7-17-13)16(2)12-9-15-6-5-11(12)8-14/h3-7,9-10H,8H2,1-2H3. The molecule has 2 nitrogen and oxygen atoms in total. The third-order valence-electron chi connectivity index (χ3n) is 2.95. The second-order valence-corrected chi connectivity index (χ2v) is 5.19. The Morgan fingerprint density at radius 2 is 2.29 bits per heavy atom. The summed E-state index contributed by atoms with van der Waals surface area (Å²) in [5.74, 6) is 0.513. The second kappa shape index (κ2) is 5.52. The molecule has 1 atom stereocenters. The normalized spacial score (nSPS) is 12.4. The van der Waals surface area contributed by atoms with E-state index >= 15 is 0 Å². The summed E-state index contributed by atoms with van der Waals surface area (Å²) in [4.78, 5) is 7.74. The largest absolute Gasteiger partial charge is 0.366 e. The Morgan fingerprint density at radius 1 is 1.47 bits per heavy atom. The van der Waals surface area contributed by atoms with Crippen molar-refractivity contribution in [3.63, 3.8) is 0 Å². The smallest absolute Gasteiger partial charge is 0.0604 e. The maximum Gasteiger partial charge on any atom is 0.0604 e. The van der Waals surface area contributed by atoms with Gasteiger partial charge in [0.1, 0.15) is 0 Å². The van der Waals surface area contributed by atoms with Gasteiger partial charge in [-0.25, -0.2) is 0 Å². The van der Waals surface area contributed by atoms with Gasteiger partial charge in [0.25, 0.3) is 0 Å². The second-order valence-electron chi connectivity index (χ2n) is 3.94. The zero-order valence-electron chi connectivity index (χ0n) is 9.93. The number of anilines is 1. The highest BCUT2D eigenvalue weighted by atomic mass is 35.5. The molecule has 0 saturated heterocycles. The summed E-state index contributed by atoms with van der Waals surface area (Å²) in [6.45, 7) is 2.19. The van der Waals surface area contributed by atoms with Crippen molar-refractivity contribution in [2.75, 3.05) is 11.9 Å². The first-order valence-corrected chi connectivity index (χ1v) is 6.90. The lowest BCUT2D eigenvalue weighted by molar-refractivity contribution is 0.749. The number of hydrogen-bond donors (Lipinski definition) is 0. The van der Waals surface area contributed by atoms with Crippen LogP contribution in [0.3, 0.4) is 0 Å². The van der Waals surface area contributed by atoms with Gasteiger partial charge in [-0.05, 0) is 30.0 Å². The number of alkyl halides is 1. The molecule has 0 aliphatic carbocycles. The van der Waals surface area contributed by atoms with Gasteiger partial charge in [-0.3, -0.25) is 4.98 Å². The fraction of sp³-hybridized carbons (Fsp3) is 0.308. The summed E-state index contributed by atoms with van der Waals surface area (Å²) in [6, 6.07) is 6.54. The van der Waals surface area contributed by atoms with Crippen LogP contribution >= 0.6 is 22.9 Å². The summed E-state index contributed by atoms with van der Waals surface area (Å²) in [5, 5.41) is 2.10. The molecule has 0 saturated carbocycles. The fourth-order valence-corrected chi connectivity index (χ4v) is 2.83. The van der Waals surface area contributed by atoms with Crippen molar-refractivity contribution < 1.29 is 0 Å². The number of aromatic nitrogens is 1. The van der Waals surface area contributed by atoms with E-state index in [0.29, 0.717) is 11.9 Å². The van der Waals surface area contributed by atoms with Gasteiger partial charge in [-0.15, -0.1) is 22.9 Å². The minimum Gasteiger partial charge on any atom is -0.366 e. The third kappa shape index (κ3) is 2.61. The molecular weight excluding hydrogens is 252 g/mol. The molecule has 2 aromatic heterocycles. The monoisotopic (exact) mass is 266 g/mol. The molecule has 0 aromatic carbocycles. The molecule has 0 N–H and O–H groups in total. The molecule has 0 amide bonds. The maximum atomic E-state index is 5.95. The Kier molecular flexibility index (Phi) is 4.02. The maximum absolute atomic E-state index is 5.95. The van der Waals surface area contributed by atoms with Crippen LogP contribution in [-0.2, 0) is 5.88 Å². The van der Waals surface area contributed by atoms with Crippen LogP contribution in [0.25, 0.3) is 0 Å². The SMILES string of the molecule is CC(c1cccs1)N(C)c1cnccc1CCl. The highest BCUT2D eigenvalue weighted by molar-refractivity contribution is 7.10. The summed E-state index contributed by atoms with van der Waals surface area (Å²) in [6.07, 6.45) is 3.66. The number of nitrogens with zero attached hydrogens (tertiary/aromatic N) is 2. The zero-order valence-corrected chi connectivity index (χ0v) is 11.5. The number of thiophene rings is 1. The molecule has 1 unspecified atom stereocenters. The number of halogens is 1. The highest BCUT2D eigenvalue weighted by Crippen LogP contribution is 2.30. The quantitative estimate of drug-likeness (QED) is 0.776. The lowest BCUT2D eigenvalue weighted by atomic mass is 10.2. The Bertz CT molecular complexity index is 470. The predicted molar refractivity (Wildman–Crippen MR) is 74.9 cm³/mol. The van der Waals surface area contributed by atoms with Crippen molar-refractivity contribution in [2.45, 2.75) is 18.8 Å².